The Kier molecular flexibility index (Phi) is 6.88. The summed E-state index contributed by atoms with van der Waals surface area (Å²) in [7, 11) is 0. The van der Waals surface area contributed by atoms with Crippen molar-refractivity contribution in [3.8, 4) is 5.69 Å². The first-order valence-corrected chi connectivity index (χ1v) is 13.0. The first-order valence-electron chi connectivity index (χ1n) is 11.2. The molecule has 1 aliphatic rings. The van der Waals surface area contributed by atoms with E-state index in [1.165, 1.54) is 30.0 Å². The van der Waals surface area contributed by atoms with Crippen LogP contribution >= 0.6 is 35.0 Å². The number of imidazole rings is 1. The van der Waals surface area contributed by atoms with Crippen LogP contribution in [0.4, 0.5) is 13.2 Å². The third kappa shape index (κ3) is 4.72. The lowest BCUT2D eigenvalue weighted by Gasteiger charge is -2.26. The molecule has 5 rings (SSSR count). The molecule has 0 aliphatic heterocycles. The Balaban J connectivity index is 1.65. The van der Waals surface area contributed by atoms with Gasteiger partial charge in [0.15, 0.2) is 5.16 Å². The summed E-state index contributed by atoms with van der Waals surface area (Å²) in [6.07, 6.45) is 2.51. The van der Waals surface area contributed by atoms with Gasteiger partial charge in [-0.15, -0.1) is 0 Å². The summed E-state index contributed by atoms with van der Waals surface area (Å²) in [4.78, 5) is 4.85. The minimum absolute atomic E-state index is 0.0435. The Morgan fingerprint density at radius 3 is 2.57 bits per heavy atom. The van der Waals surface area contributed by atoms with E-state index in [9.17, 15) is 8.78 Å². The Morgan fingerprint density at radius 1 is 1.00 bits per heavy atom. The number of hydrogen-bond donors (Lipinski definition) is 0. The van der Waals surface area contributed by atoms with E-state index in [1.54, 1.807) is 16.7 Å². The molecular weight excluding hydrogens is 512 g/mol. The van der Waals surface area contributed by atoms with Crippen LogP contribution in [0.1, 0.15) is 46.8 Å². The van der Waals surface area contributed by atoms with Crippen LogP contribution < -0.4 is 0 Å². The molecule has 1 heterocycles. The molecule has 0 saturated heterocycles. The van der Waals surface area contributed by atoms with Gasteiger partial charge in [0.25, 0.3) is 0 Å². The molecule has 180 valence electrons. The van der Waals surface area contributed by atoms with Gasteiger partial charge in [-0.3, -0.25) is 4.57 Å². The van der Waals surface area contributed by atoms with Gasteiger partial charge in [-0.1, -0.05) is 53.2 Å². The monoisotopic (exact) mass is 532 g/mol. The molecule has 1 unspecified atom stereocenters. The molecule has 0 radical (unpaired) electrons. The summed E-state index contributed by atoms with van der Waals surface area (Å²) in [6, 6.07) is 14.0. The summed E-state index contributed by atoms with van der Waals surface area (Å²) in [5, 5.41) is 1.51. The number of halogens is 5. The van der Waals surface area contributed by atoms with Crippen LogP contribution in [0.5, 0.6) is 0 Å². The maximum Gasteiger partial charge on any atom is 0.173 e. The summed E-state index contributed by atoms with van der Waals surface area (Å²) < 4.78 is 45.1. The molecular formula is C27H21Cl2F3N2S. The lowest BCUT2D eigenvalue weighted by Crippen LogP contribution is -2.16. The Labute approximate surface area is 216 Å². The first kappa shape index (κ1) is 24.3. The number of nitrogens with zero attached hydrogens (tertiary/aromatic N) is 2. The fourth-order valence-electron chi connectivity index (χ4n) is 4.61. The first-order chi connectivity index (χ1) is 16.8. The smallest absolute Gasteiger partial charge is 0.173 e. The SMILES string of the molecule is Cc1cc(C2CCCc3nc(SCc4c(F)cccc4Cl)n(-c4ccc(F)cc4F)c32)ccc1Cl. The largest absolute Gasteiger partial charge is 0.288 e. The van der Waals surface area contributed by atoms with Gasteiger partial charge in [-0.05, 0) is 67.6 Å². The molecule has 4 aromatic rings. The van der Waals surface area contributed by atoms with E-state index >= 15 is 4.39 Å². The highest BCUT2D eigenvalue weighted by atomic mass is 35.5. The van der Waals surface area contributed by atoms with E-state index < -0.39 is 17.5 Å². The Bertz CT molecular complexity index is 1400. The highest BCUT2D eigenvalue weighted by molar-refractivity contribution is 7.98. The fourth-order valence-corrected chi connectivity index (χ4v) is 6.11. The number of fused-ring (bicyclic) bond motifs is 1. The second-order valence-electron chi connectivity index (χ2n) is 8.60. The molecule has 0 bridgehead atoms. The van der Waals surface area contributed by atoms with Crippen molar-refractivity contribution in [2.24, 2.45) is 0 Å². The normalized spacial score (nSPS) is 15.3. The molecule has 0 N–H and O–H groups in total. The minimum Gasteiger partial charge on any atom is -0.288 e. The number of hydrogen-bond acceptors (Lipinski definition) is 2. The number of rotatable bonds is 5. The van der Waals surface area contributed by atoms with E-state index in [0.29, 0.717) is 20.8 Å². The van der Waals surface area contributed by atoms with Crippen LogP contribution in [0, 0.1) is 24.4 Å². The second kappa shape index (κ2) is 9.92. The zero-order valence-electron chi connectivity index (χ0n) is 18.8. The molecule has 3 aromatic carbocycles. The fraction of sp³-hybridized carbons (Fsp3) is 0.222. The summed E-state index contributed by atoms with van der Waals surface area (Å²) in [6.45, 7) is 1.95. The van der Waals surface area contributed by atoms with Crippen molar-refractivity contribution in [1.82, 2.24) is 9.55 Å². The summed E-state index contributed by atoms with van der Waals surface area (Å²) in [5.74, 6) is -1.58. The minimum atomic E-state index is -0.687. The van der Waals surface area contributed by atoms with Gasteiger partial charge in [0.1, 0.15) is 17.5 Å². The highest BCUT2D eigenvalue weighted by Gasteiger charge is 2.31. The molecule has 8 heteroatoms. The molecule has 0 amide bonds. The van der Waals surface area contributed by atoms with E-state index in [1.807, 2.05) is 25.1 Å². The standard InChI is InChI=1S/C27H21Cl2F3N2S/c1-15-12-16(8-10-20(15)28)18-4-2-7-24-26(18)34(25-11-9-17(30)13-23(25)32)27(33-24)35-14-19-21(29)5-3-6-22(19)31/h3,5-6,8-13,18H,2,4,7,14H2,1H3. The van der Waals surface area contributed by atoms with Crippen molar-refractivity contribution >= 4 is 35.0 Å². The Hall–Kier alpha value is -2.41. The van der Waals surface area contributed by atoms with Gasteiger partial charge in [0.05, 0.1) is 17.1 Å². The van der Waals surface area contributed by atoms with Crippen LogP contribution in [0.25, 0.3) is 5.69 Å². The van der Waals surface area contributed by atoms with Crippen molar-refractivity contribution in [2.45, 2.75) is 43.0 Å². The third-order valence-corrected chi connectivity index (χ3v) is 8.08. The maximum atomic E-state index is 15.1. The predicted octanol–water partition coefficient (Wildman–Crippen LogP) is 8.67. The molecule has 0 spiro atoms. The van der Waals surface area contributed by atoms with E-state index in [-0.39, 0.29) is 17.4 Å². The van der Waals surface area contributed by atoms with Crippen molar-refractivity contribution in [2.75, 3.05) is 0 Å². The van der Waals surface area contributed by atoms with Gasteiger partial charge < -0.3 is 0 Å². The van der Waals surface area contributed by atoms with Gasteiger partial charge in [-0.25, -0.2) is 18.2 Å². The van der Waals surface area contributed by atoms with Crippen LogP contribution in [0.15, 0.2) is 59.8 Å². The van der Waals surface area contributed by atoms with Gasteiger partial charge in [-0.2, -0.15) is 0 Å². The molecule has 1 aromatic heterocycles. The van der Waals surface area contributed by atoms with E-state index in [0.717, 1.165) is 47.8 Å². The molecule has 0 saturated carbocycles. The summed E-state index contributed by atoms with van der Waals surface area (Å²) in [5.41, 5.74) is 4.31. The molecule has 1 atom stereocenters. The number of aryl methyl sites for hydroxylation is 2. The van der Waals surface area contributed by atoms with Crippen molar-refractivity contribution in [3.05, 3.63) is 110 Å². The highest BCUT2D eigenvalue weighted by Crippen LogP contribution is 2.42. The lowest BCUT2D eigenvalue weighted by atomic mass is 9.83. The zero-order valence-corrected chi connectivity index (χ0v) is 21.1. The van der Waals surface area contributed by atoms with Crippen LogP contribution in [0.2, 0.25) is 10.0 Å². The van der Waals surface area contributed by atoms with Gasteiger partial charge in [0, 0.05) is 33.3 Å². The molecule has 2 nitrogen and oxygen atoms in total. The molecule has 35 heavy (non-hydrogen) atoms. The van der Waals surface area contributed by atoms with Crippen molar-refractivity contribution < 1.29 is 13.2 Å². The van der Waals surface area contributed by atoms with E-state index in [2.05, 4.69) is 0 Å². The zero-order chi connectivity index (χ0) is 24.7. The average molecular weight is 533 g/mol. The Morgan fingerprint density at radius 2 is 1.83 bits per heavy atom. The average Bonchev–Trinajstić information content (AvgIpc) is 3.19. The van der Waals surface area contributed by atoms with Crippen molar-refractivity contribution in [3.63, 3.8) is 0 Å². The van der Waals surface area contributed by atoms with Crippen LogP contribution in [-0.4, -0.2) is 9.55 Å². The number of aromatic nitrogens is 2. The van der Waals surface area contributed by atoms with Crippen LogP contribution in [-0.2, 0) is 12.2 Å². The predicted molar refractivity (Wildman–Crippen MR) is 135 cm³/mol. The third-order valence-electron chi connectivity index (χ3n) is 6.34. The second-order valence-corrected chi connectivity index (χ2v) is 10.4. The van der Waals surface area contributed by atoms with E-state index in [4.69, 9.17) is 28.2 Å². The van der Waals surface area contributed by atoms with Gasteiger partial charge in [0.2, 0.25) is 0 Å². The van der Waals surface area contributed by atoms with Crippen LogP contribution in [0.3, 0.4) is 0 Å². The lowest BCUT2D eigenvalue weighted by molar-refractivity contribution is 0.560. The topological polar surface area (TPSA) is 17.8 Å². The van der Waals surface area contributed by atoms with Gasteiger partial charge >= 0.3 is 0 Å². The number of benzene rings is 3. The quantitative estimate of drug-likeness (QED) is 0.239. The maximum absolute atomic E-state index is 15.1. The van der Waals surface area contributed by atoms with Crippen molar-refractivity contribution in [1.29, 1.82) is 0 Å². The molecule has 0 fully saturated rings. The number of thioether (sulfide) groups is 1. The summed E-state index contributed by atoms with van der Waals surface area (Å²) >= 11 is 13.8. The molecule has 1 aliphatic carbocycles.